The van der Waals surface area contributed by atoms with Crippen LogP contribution in [0, 0.1) is 17.8 Å². The molecule has 1 nitrogen and oxygen atoms in total. The van der Waals surface area contributed by atoms with Crippen LogP contribution in [0.5, 0.6) is 0 Å². The van der Waals surface area contributed by atoms with Crippen molar-refractivity contribution in [1.29, 1.82) is 0 Å². The number of aliphatic hydroxyl groups is 1. The van der Waals surface area contributed by atoms with Gasteiger partial charge in [-0.15, -0.1) is 0 Å². The maximum absolute atomic E-state index is 10.0. The summed E-state index contributed by atoms with van der Waals surface area (Å²) in [6, 6.07) is 0. The van der Waals surface area contributed by atoms with E-state index in [1.807, 2.05) is 0 Å². The van der Waals surface area contributed by atoms with E-state index >= 15 is 0 Å². The van der Waals surface area contributed by atoms with Gasteiger partial charge < -0.3 is 5.11 Å². The van der Waals surface area contributed by atoms with Gasteiger partial charge >= 0.3 is 0 Å². The minimum absolute atomic E-state index is 0.0181. The summed E-state index contributed by atoms with van der Waals surface area (Å²) in [4.78, 5) is 0. The zero-order chi connectivity index (χ0) is 16.3. The zero-order valence-electron chi connectivity index (χ0n) is 15.8. The SMILES string of the molecule is CCCCCCCCCCCCC1CCCC2CCC(O)CC12. The number of hydrogen-bond acceptors (Lipinski definition) is 1. The van der Waals surface area contributed by atoms with Crippen LogP contribution in [0.2, 0.25) is 0 Å². The van der Waals surface area contributed by atoms with Crippen molar-refractivity contribution in [2.24, 2.45) is 17.8 Å². The minimum Gasteiger partial charge on any atom is -0.393 e. The standard InChI is InChI=1S/C22H42O/c1-2-3-4-5-6-7-8-9-10-11-13-19-14-12-15-20-16-17-21(23)18-22(19)20/h19-23H,2-18H2,1H3. The topological polar surface area (TPSA) is 20.2 Å². The highest BCUT2D eigenvalue weighted by molar-refractivity contribution is 4.87. The van der Waals surface area contributed by atoms with E-state index in [1.165, 1.54) is 96.3 Å². The Hall–Kier alpha value is -0.0400. The molecule has 0 aliphatic heterocycles. The molecule has 0 saturated heterocycles. The predicted octanol–water partition coefficient (Wildman–Crippen LogP) is 6.87. The highest BCUT2D eigenvalue weighted by atomic mass is 16.3. The minimum atomic E-state index is 0.0181. The van der Waals surface area contributed by atoms with Gasteiger partial charge in [0.25, 0.3) is 0 Å². The van der Waals surface area contributed by atoms with Gasteiger partial charge in [-0.3, -0.25) is 0 Å². The summed E-state index contributed by atoms with van der Waals surface area (Å²) in [5.74, 6) is 2.77. The molecular formula is C22H42O. The Morgan fingerprint density at radius 1 is 0.739 bits per heavy atom. The van der Waals surface area contributed by atoms with Crippen molar-refractivity contribution >= 4 is 0 Å². The summed E-state index contributed by atoms with van der Waals surface area (Å²) < 4.78 is 0. The highest BCUT2D eigenvalue weighted by Crippen LogP contribution is 2.45. The fourth-order valence-electron chi connectivity index (χ4n) is 5.29. The molecule has 2 aliphatic rings. The normalized spacial score (nSPS) is 31.0. The summed E-state index contributed by atoms with van der Waals surface area (Å²) >= 11 is 0. The molecule has 4 unspecified atom stereocenters. The third-order valence-electron chi connectivity index (χ3n) is 6.70. The van der Waals surface area contributed by atoms with Gasteiger partial charge in [-0.25, -0.2) is 0 Å². The summed E-state index contributed by atoms with van der Waals surface area (Å²) in [6.07, 6.45) is 23.8. The molecule has 2 rings (SSSR count). The Bertz CT molecular complexity index is 288. The first-order valence-corrected chi connectivity index (χ1v) is 11.0. The van der Waals surface area contributed by atoms with E-state index in [0.717, 1.165) is 30.6 Å². The average Bonchev–Trinajstić information content (AvgIpc) is 2.57. The Labute approximate surface area is 145 Å². The van der Waals surface area contributed by atoms with Crippen molar-refractivity contribution in [3.05, 3.63) is 0 Å². The van der Waals surface area contributed by atoms with Gasteiger partial charge in [-0.05, 0) is 37.0 Å². The second kappa shape index (κ2) is 11.5. The average molecular weight is 323 g/mol. The van der Waals surface area contributed by atoms with Crippen LogP contribution in [-0.2, 0) is 0 Å². The van der Waals surface area contributed by atoms with Crippen molar-refractivity contribution in [2.45, 2.75) is 122 Å². The number of fused-ring (bicyclic) bond motifs is 1. The van der Waals surface area contributed by atoms with Crippen LogP contribution in [0.1, 0.15) is 116 Å². The van der Waals surface area contributed by atoms with Crippen molar-refractivity contribution in [1.82, 2.24) is 0 Å². The molecule has 0 aromatic rings. The van der Waals surface area contributed by atoms with Crippen molar-refractivity contribution in [3.8, 4) is 0 Å². The first-order valence-electron chi connectivity index (χ1n) is 11.0. The number of aliphatic hydroxyl groups excluding tert-OH is 1. The lowest BCUT2D eigenvalue weighted by Gasteiger charge is -2.43. The van der Waals surface area contributed by atoms with E-state index in [0.29, 0.717) is 0 Å². The number of hydrogen-bond donors (Lipinski definition) is 1. The first-order chi connectivity index (χ1) is 11.3. The summed E-state index contributed by atoms with van der Waals surface area (Å²) in [5, 5.41) is 10.0. The lowest BCUT2D eigenvalue weighted by atomic mass is 9.64. The van der Waals surface area contributed by atoms with E-state index < -0.39 is 0 Å². The first kappa shape index (κ1) is 19.3. The summed E-state index contributed by atoms with van der Waals surface area (Å²) in [7, 11) is 0. The molecule has 2 saturated carbocycles. The van der Waals surface area contributed by atoms with Crippen LogP contribution in [-0.4, -0.2) is 11.2 Å². The van der Waals surface area contributed by atoms with Gasteiger partial charge in [0.15, 0.2) is 0 Å². The third kappa shape index (κ3) is 7.16. The Morgan fingerprint density at radius 2 is 1.39 bits per heavy atom. The van der Waals surface area contributed by atoms with E-state index in [1.54, 1.807) is 0 Å². The molecule has 0 heterocycles. The molecule has 0 amide bonds. The van der Waals surface area contributed by atoms with Crippen LogP contribution in [0.3, 0.4) is 0 Å². The van der Waals surface area contributed by atoms with E-state index in [9.17, 15) is 5.11 Å². The van der Waals surface area contributed by atoms with E-state index in [2.05, 4.69) is 6.92 Å². The predicted molar refractivity (Wildman–Crippen MR) is 101 cm³/mol. The molecule has 136 valence electrons. The fraction of sp³-hybridized carbons (Fsp3) is 1.00. The smallest absolute Gasteiger partial charge is 0.0543 e. The van der Waals surface area contributed by atoms with Crippen molar-refractivity contribution in [3.63, 3.8) is 0 Å². The van der Waals surface area contributed by atoms with Gasteiger partial charge in [-0.1, -0.05) is 96.8 Å². The molecule has 0 aromatic carbocycles. The van der Waals surface area contributed by atoms with Gasteiger partial charge in [0.2, 0.25) is 0 Å². The van der Waals surface area contributed by atoms with Gasteiger partial charge in [0, 0.05) is 0 Å². The molecule has 4 atom stereocenters. The maximum atomic E-state index is 10.0. The largest absolute Gasteiger partial charge is 0.393 e. The summed E-state index contributed by atoms with van der Waals surface area (Å²) in [5.41, 5.74) is 0. The molecule has 23 heavy (non-hydrogen) atoms. The number of unbranched alkanes of at least 4 members (excludes halogenated alkanes) is 9. The molecular weight excluding hydrogens is 280 g/mol. The zero-order valence-corrected chi connectivity index (χ0v) is 15.8. The fourth-order valence-corrected chi connectivity index (χ4v) is 5.29. The van der Waals surface area contributed by atoms with Crippen LogP contribution in [0.25, 0.3) is 0 Å². The molecule has 0 radical (unpaired) electrons. The van der Waals surface area contributed by atoms with Crippen LogP contribution >= 0.6 is 0 Å². The lowest BCUT2D eigenvalue weighted by molar-refractivity contribution is 0.0156. The maximum Gasteiger partial charge on any atom is 0.0543 e. The van der Waals surface area contributed by atoms with Gasteiger partial charge in [-0.2, -0.15) is 0 Å². The Balaban J connectivity index is 1.49. The molecule has 2 aliphatic carbocycles. The molecule has 1 heteroatoms. The highest BCUT2D eigenvalue weighted by Gasteiger charge is 2.36. The second-order valence-electron chi connectivity index (χ2n) is 8.55. The van der Waals surface area contributed by atoms with Crippen molar-refractivity contribution < 1.29 is 5.11 Å². The van der Waals surface area contributed by atoms with Crippen LogP contribution in [0.4, 0.5) is 0 Å². The van der Waals surface area contributed by atoms with Crippen molar-refractivity contribution in [2.75, 3.05) is 0 Å². The Kier molecular flexibility index (Phi) is 9.65. The third-order valence-corrected chi connectivity index (χ3v) is 6.70. The quantitative estimate of drug-likeness (QED) is 0.411. The van der Waals surface area contributed by atoms with Crippen LogP contribution in [0.15, 0.2) is 0 Å². The van der Waals surface area contributed by atoms with Gasteiger partial charge in [0.1, 0.15) is 0 Å². The molecule has 0 bridgehead atoms. The lowest BCUT2D eigenvalue weighted by Crippen LogP contribution is -2.35. The van der Waals surface area contributed by atoms with Crippen LogP contribution < -0.4 is 0 Å². The molecule has 0 spiro atoms. The molecule has 0 aromatic heterocycles. The van der Waals surface area contributed by atoms with E-state index in [-0.39, 0.29) is 6.10 Å². The monoisotopic (exact) mass is 322 g/mol. The number of rotatable bonds is 11. The molecule has 1 N–H and O–H groups in total. The Morgan fingerprint density at radius 3 is 2.09 bits per heavy atom. The molecule has 2 fully saturated rings. The summed E-state index contributed by atoms with van der Waals surface area (Å²) in [6.45, 7) is 2.29. The van der Waals surface area contributed by atoms with E-state index in [4.69, 9.17) is 0 Å². The second-order valence-corrected chi connectivity index (χ2v) is 8.55. The van der Waals surface area contributed by atoms with Gasteiger partial charge in [0.05, 0.1) is 6.10 Å².